The molecule has 0 saturated heterocycles. The number of benzene rings is 2. The molecular weight excluding hydrogens is 487 g/mol. The second kappa shape index (κ2) is 11.2. The molecule has 169 valence electrons. The second-order valence-electron chi connectivity index (χ2n) is 7.49. The van der Waals surface area contributed by atoms with Crippen LogP contribution in [-0.4, -0.2) is 45.5 Å². The van der Waals surface area contributed by atoms with Gasteiger partial charge in [-0.05, 0) is 38.8 Å². The first-order chi connectivity index (χ1) is 14.0. The van der Waals surface area contributed by atoms with Crippen LogP contribution in [0.3, 0.4) is 0 Å². The molecule has 0 heterocycles. The molecule has 2 aromatic rings. The number of carboxylic acids is 2. The van der Waals surface area contributed by atoms with Crippen molar-refractivity contribution in [3.8, 4) is 11.5 Å². The van der Waals surface area contributed by atoms with E-state index in [0.29, 0.717) is 11.1 Å². The number of nitrogens with one attached hydrogen (secondary N) is 2. The molecule has 0 saturated carbocycles. The minimum atomic E-state index is -1.16. The quantitative estimate of drug-likeness (QED) is 0.280. The molecule has 2 aromatic carbocycles. The molecule has 31 heavy (non-hydrogen) atoms. The van der Waals surface area contributed by atoms with E-state index in [1.165, 1.54) is 0 Å². The molecule has 1 radical (unpaired) electrons. The summed E-state index contributed by atoms with van der Waals surface area (Å²) in [6.45, 7) is 7.26. The van der Waals surface area contributed by atoms with Crippen LogP contribution in [0.25, 0.3) is 0 Å². The fourth-order valence-corrected chi connectivity index (χ4v) is 3.52. The predicted molar refractivity (Wildman–Crippen MR) is 112 cm³/mol. The maximum atomic E-state index is 11.7. The number of aryl methyl sites for hydroxylation is 4. The molecule has 6 N–H and O–H groups in total. The molecule has 0 aliphatic heterocycles. The zero-order valence-corrected chi connectivity index (χ0v) is 19.7. The molecule has 0 aliphatic rings. The Bertz CT molecular complexity index is 886. The van der Waals surface area contributed by atoms with Gasteiger partial charge >= 0.3 is 11.9 Å². The molecule has 0 aliphatic carbocycles. The van der Waals surface area contributed by atoms with Gasteiger partial charge < -0.3 is 20.4 Å². The summed E-state index contributed by atoms with van der Waals surface area (Å²) in [6.07, 6.45) is 0. The fraction of sp³-hybridized carbons (Fsp3) is 0.364. The van der Waals surface area contributed by atoms with Gasteiger partial charge in [0, 0.05) is 44.3 Å². The molecular formula is C22H28N2O6Tc. The summed E-state index contributed by atoms with van der Waals surface area (Å²) in [4.78, 5) is 23.5. The second-order valence-corrected chi connectivity index (χ2v) is 7.49. The first-order valence-corrected chi connectivity index (χ1v) is 9.55. The van der Waals surface area contributed by atoms with E-state index >= 15 is 0 Å². The van der Waals surface area contributed by atoms with Gasteiger partial charge in [-0.3, -0.25) is 20.2 Å². The number of aromatic hydroxyl groups is 2. The summed E-state index contributed by atoms with van der Waals surface area (Å²) in [6, 6.07) is 4.43. The average molecular weight is 515 g/mol. The number of phenols is 2. The third-order valence-corrected chi connectivity index (χ3v) is 4.89. The van der Waals surface area contributed by atoms with Crippen molar-refractivity contribution in [1.29, 1.82) is 0 Å². The van der Waals surface area contributed by atoms with Crippen LogP contribution >= 0.6 is 0 Å². The van der Waals surface area contributed by atoms with Crippen molar-refractivity contribution in [2.24, 2.45) is 0 Å². The van der Waals surface area contributed by atoms with Gasteiger partial charge in [-0.1, -0.05) is 35.4 Å². The summed E-state index contributed by atoms with van der Waals surface area (Å²) in [5.74, 6) is -2.48. The number of rotatable bonds is 9. The van der Waals surface area contributed by atoms with Crippen LogP contribution in [0, 0.1) is 27.7 Å². The van der Waals surface area contributed by atoms with Crippen LogP contribution in [0.5, 0.6) is 11.5 Å². The van der Waals surface area contributed by atoms with E-state index in [0.717, 1.165) is 11.1 Å². The summed E-state index contributed by atoms with van der Waals surface area (Å²) < 4.78 is 0. The van der Waals surface area contributed by atoms with Gasteiger partial charge in [-0.15, -0.1) is 0 Å². The Labute approximate surface area is 194 Å². The van der Waals surface area contributed by atoms with E-state index < -0.39 is 24.0 Å². The predicted octanol–water partition coefficient (Wildman–Crippen LogP) is 2.46. The zero-order valence-electron chi connectivity index (χ0n) is 17.9. The molecule has 0 aromatic heterocycles. The van der Waals surface area contributed by atoms with Crippen molar-refractivity contribution in [3.63, 3.8) is 0 Å². The minimum Gasteiger partial charge on any atom is -0.507 e. The fourth-order valence-electron chi connectivity index (χ4n) is 3.52. The Morgan fingerprint density at radius 2 is 1.06 bits per heavy atom. The van der Waals surface area contributed by atoms with E-state index in [-0.39, 0.29) is 55.8 Å². The van der Waals surface area contributed by atoms with Gasteiger partial charge in [-0.25, -0.2) is 0 Å². The van der Waals surface area contributed by atoms with Crippen molar-refractivity contribution in [2.45, 2.75) is 39.8 Å². The first kappa shape index (κ1) is 26.6. The molecule has 8 nitrogen and oxygen atoms in total. The van der Waals surface area contributed by atoms with Crippen LogP contribution < -0.4 is 10.6 Å². The van der Waals surface area contributed by atoms with Crippen molar-refractivity contribution in [2.75, 3.05) is 13.1 Å². The van der Waals surface area contributed by atoms with Crippen LogP contribution in [0.4, 0.5) is 0 Å². The number of hydrogen-bond acceptors (Lipinski definition) is 6. The van der Waals surface area contributed by atoms with Gasteiger partial charge in [0.2, 0.25) is 0 Å². The number of hydrogen-bond donors (Lipinski definition) is 6. The molecule has 9 heteroatoms. The minimum absolute atomic E-state index is 0. The molecule has 0 bridgehead atoms. The van der Waals surface area contributed by atoms with Crippen molar-refractivity contribution < 1.29 is 50.1 Å². The third kappa shape index (κ3) is 6.51. The Morgan fingerprint density at radius 1 is 0.742 bits per heavy atom. The van der Waals surface area contributed by atoms with Gasteiger partial charge in [-0.2, -0.15) is 0 Å². The summed E-state index contributed by atoms with van der Waals surface area (Å²) in [5, 5.41) is 45.4. The first-order valence-electron chi connectivity index (χ1n) is 9.55. The number of aliphatic carboxylic acids is 2. The normalized spacial score (nSPS) is 12.6. The molecule has 0 fully saturated rings. The summed E-state index contributed by atoms with van der Waals surface area (Å²) in [7, 11) is 0. The van der Waals surface area contributed by atoms with Crippen molar-refractivity contribution >= 4 is 11.9 Å². The van der Waals surface area contributed by atoms with Crippen molar-refractivity contribution in [3.05, 3.63) is 57.6 Å². The Balaban J connectivity index is 0.00000480. The maximum absolute atomic E-state index is 11.7. The summed E-state index contributed by atoms with van der Waals surface area (Å²) >= 11 is 0. The van der Waals surface area contributed by atoms with Gasteiger partial charge in [0.15, 0.2) is 0 Å². The monoisotopic (exact) mass is 515 g/mol. The number of carbonyl (C=O) groups is 2. The van der Waals surface area contributed by atoms with Crippen LogP contribution in [0.15, 0.2) is 24.3 Å². The van der Waals surface area contributed by atoms with Crippen molar-refractivity contribution in [1.82, 2.24) is 10.6 Å². The Kier molecular flexibility index (Phi) is 9.65. The van der Waals surface area contributed by atoms with E-state index in [9.17, 15) is 30.0 Å². The van der Waals surface area contributed by atoms with E-state index in [4.69, 9.17) is 0 Å². The number of carboxylic acid groups (broad SMARTS) is 2. The summed E-state index contributed by atoms with van der Waals surface area (Å²) in [5.41, 5.74) is 3.30. The molecule has 2 unspecified atom stereocenters. The van der Waals surface area contributed by atoms with Crippen LogP contribution in [0.2, 0.25) is 0 Å². The smallest absolute Gasteiger partial charge is 0.325 e. The average Bonchev–Trinajstić information content (AvgIpc) is 2.64. The van der Waals surface area contributed by atoms with Gasteiger partial charge in [0.1, 0.15) is 23.6 Å². The van der Waals surface area contributed by atoms with E-state index in [2.05, 4.69) is 10.6 Å². The SMILES string of the molecule is Cc1cc(C)c(O)c(C(NCCNC(C(=O)O)c2cc(C)cc(C)c2O)C(=O)O)c1.[99Tc]. The molecule has 2 atom stereocenters. The topological polar surface area (TPSA) is 139 Å². The molecule has 2 rings (SSSR count). The Hall–Kier alpha value is -2.45. The standard InChI is InChI=1S/C22H28N2O6.Tc/c1-11-7-13(3)19(25)15(9-11)17(21(27)28)23-5-6-24-18(22(29)30)16-10-12(2)8-14(4)20(16)26;/h7-10,17-18,23-26H,5-6H2,1-4H3,(H,27,28)(H,29,30);/i;1+1. The third-order valence-electron chi connectivity index (χ3n) is 4.89. The largest absolute Gasteiger partial charge is 0.507 e. The van der Waals surface area contributed by atoms with Crippen LogP contribution in [0.1, 0.15) is 45.5 Å². The zero-order chi connectivity index (χ0) is 22.6. The Morgan fingerprint density at radius 3 is 1.35 bits per heavy atom. The van der Waals surface area contributed by atoms with E-state index in [1.54, 1.807) is 38.1 Å². The van der Waals surface area contributed by atoms with Gasteiger partial charge in [0.25, 0.3) is 0 Å². The number of phenolic OH excluding ortho intramolecular Hbond substituents is 2. The van der Waals surface area contributed by atoms with E-state index in [1.807, 2.05) is 13.8 Å². The van der Waals surface area contributed by atoms with Gasteiger partial charge in [0.05, 0.1) is 0 Å². The molecule has 0 amide bonds. The van der Waals surface area contributed by atoms with Crippen LogP contribution in [-0.2, 0) is 29.7 Å². The maximum Gasteiger partial charge on any atom is 0.325 e. The molecule has 0 spiro atoms.